The van der Waals surface area contributed by atoms with Crippen LogP contribution in [-0.2, 0) is 11.3 Å². The van der Waals surface area contributed by atoms with Gasteiger partial charge in [-0.2, -0.15) is 0 Å². The predicted octanol–water partition coefficient (Wildman–Crippen LogP) is 2.72. The van der Waals surface area contributed by atoms with E-state index in [-0.39, 0.29) is 17.2 Å². The van der Waals surface area contributed by atoms with Gasteiger partial charge in [-0.05, 0) is 55.5 Å². The molecule has 2 amide bonds. The van der Waals surface area contributed by atoms with E-state index in [1.54, 1.807) is 24.5 Å². The van der Waals surface area contributed by atoms with Gasteiger partial charge in [-0.25, -0.2) is 0 Å². The van der Waals surface area contributed by atoms with Crippen molar-refractivity contribution in [3.8, 4) is 0 Å². The molecule has 0 aromatic carbocycles. The second kappa shape index (κ2) is 6.94. The van der Waals surface area contributed by atoms with Crippen molar-refractivity contribution in [2.24, 2.45) is 5.41 Å². The van der Waals surface area contributed by atoms with Gasteiger partial charge in [0.2, 0.25) is 5.91 Å². The van der Waals surface area contributed by atoms with Gasteiger partial charge in [0.15, 0.2) is 5.76 Å². The zero-order chi connectivity index (χ0) is 18.0. The lowest BCUT2D eigenvalue weighted by molar-refractivity contribution is -0.137. The molecular formula is C20H23N3O3. The molecule has 2 aliphatic heterocycles. The number of carbonyl (C=O) groups is 2. The maximum Gasteiger partial charge on any atom is 0.289 e. The minimum Gasteiger partial charge on any atom is -0.459 e. The number of amides is 2. The van der Waals surface area contributed by atoms with E-state index in [0.717, 1.165) is 37.8 Å². The highest BCUT2D eigenvalue weighted by Crippen LogP contribution is 2.42. The summed E-state index contributed by atoms with van der Waals surface area (Å²) in [4.78, 5) is 33.5. The number of likely N-dealkylation sites (tertiary alicyclic amines) is 2. The van der Waals surface area contributed by atoms with Crippen LogP contribution in [0.4, 0.5) is 0 Å². The molecule has 1 atom stereocenters. The molecule has 2 aromatic rings. The summed E-state index contributed by atoms with van der Waals surface area (Å²) in [5.74, 6) is 0.533. The van der Waals surface area contributed by atoms with Gasteiger partial charge in [0.05, 0.1) is 11.7 Å². The van der Waals surface area contributed by atoms with Crippen molar-refractivity contribution in [1.82, 2.24) is 14.8 Å². The summed E-state index contributed by atoms with van der Waals surface area (Å²) < 4.78 is 5.24. The summed E-state index contributed by atoms with van der Waals surface area (Å²) in [5.41, 5.74) is 0.791. The van der Waals surface area contributed by atoms with Crippen LogP contribution in [0.1, 0.15) is 41.8 Å². The third kappa shape index (κ3) is 3.11. The van der Waals surface area contributed by atoms with E-state index in [9.17, 15) is 9.59 Å². The van der Waals surface area contributed by atoms with Crippen LogP contribution >= 0.6 is 0 Å². The van der Waals surface area contributed by atoms with Crippen molar-refractivity contribution in [2.45, 2.75) is 32.2 Å². The Bertz CT molecular complexity index is 775. The Hall–Kier alpha value is -2.63. The number of nitrogens with zero attached hydrogens (tertiary/aromatic N) is 3. The van der Waals surface area contributed by atoms with Crippen LogP contribution in [0.3, 0.4) is 0 Å². The first-order valence-corrected chi connectivity index (χ1v) is 9.19. The molecule has 2 aromatic heterocycles. The van der Waals surface area contributed by atoms with Gasteiger partial charge in [0.25, 0.3) is 5.91 Å². The van der Waals surface area contributed by atoms with Crippen molar-refractivity contribution in [3.05, 3.63) is 54.2 Å². The number of rotatable bonds is 3. The van der Waals surface area contributed by atoms with E-state index in [2.05, 4.69) is 4.98 Å². The van der Waals surface area contributed by atoms with Gasteiger partial charge >= 0.3 is 0 Å². The summed E-state index contributed by atoms with van der Waals surface area (Å²) >= 11 is 0. The van der Waals surface area contributed by atoms with Gasteiger partial charge in [0.1, 0.15) is 0 Å². The molecule has 0 aliphatic carbocycles. The molecule has 136 valence electrons. The average Bonchev–Trinajstić information content (AvgIpc) is 3.23. The Balaban J connectivity index is 1.43. The van der Waals surface area contributed by atoms with Gasteiger partial charge < -0.3 is 14.2 Å². The molecule has 6 heteroatoms. The van der Waals surface area contributed by atoms with Crippen molar-refractivity contribution < 1.29 is 14.0 Å². The first-order valence-electron chi connectivity index (χ1n) is 9.19. The molecule has 26 heavy (non-hydrogen) atoms. The molecule has 2 fully saturated rings. The zero-order valence-electron chi connectivity index (χ0n) is 14.8. The van der Waals surface area contributed by atoms with Gasteiger partial charge in [-0.15, -0.1) is 0 Å². The van der Waals surface area contributed by atoms with Crippen molar-refractivity contribution >= 4 is 11.8 Å². The second-order valence-corrected chi connectivity index (χ2v) is 7.24. The maximum absolute atomic E-state index is 13.1. The molecule has 0 radical (unpaired) electrons. The molecule has 0 bridgehead atoms. The first-order chi connectivity index (χ1) is 12.7. The highest BCUT2D eigenvalue weighted by atomic mass is 16.3. The minimum absolute atomic E-state index is 0.0777. The van der Waals surface area contributed by atoms with Crippen molar-refractivity contribution in [1.29, 1.82) is 0 Å². The molecule has 2 aliphatic rings. The number of aromatic nitrogens is 1. The molecule has 2 saturated heterocycles. The quantitative estimate of drug-likeness (QED) is 0.851. The van der Waals surface area contributed by atoms with Gasteiger partial charge in [-0.3, -0.25) is 14.6 Å². The third-order valence-electron chi connectivity index (χ3n) is 5.69. The Morgan fingerprint density at radius 3 is 2.69 bits per heavy atom. The molecule has 0 saturated carbocycles. The second-order valence-electron chi connectivity index (χ2n) is 7.24. The number of carbonyl (C=O) groups excluding carboxylic acids is 2. The highest BCUT2D eigenvalue weighted by molar-refractivity contribution is 5.91. The summed E-state index contributed by atoms with van der Waals surface area (Å²) in [6.45, 7) is 2.71. The summed E-state index contributed by atoms with van der Waals surface area (Å²) in [5, 5.41) is 0. The molecule has 0 N–H and O–H groups in total. The molecule has 4 rings (SSSR count). The largest absolute Gasteiger partial charge is 0.459 e. The van der Waals surface area contributed by atoms with Crippen LogP contribution in [0, 0.1) is 5.41 Å². The Morgan fingerprint density at radius 1 is 1.12 bits per heavy atom. The van der Waals surface area contributed by atoms with Crippen LogP contribution in [0.2, 0.25) is 0 Å². The molecule has 0 unspecified atom stereocenters. The average molecular weight is 353 g/mol. The molecular weight excluding hydrogens is 330 g/mol. The Morgan fingerprint density at radius 2 is 1.92 bits per heavy atom. The van der Waals surface area contributed by atoms with Crippen LogP contribution in [0.5, 0.6) is 0 Å². The zero-order valence-corrected chi connectivity index (χ0v) is 14.8. The monoisotopic (exact) mass is 353 g/mol. The van der Waals surface area contributed by atoms with E-state index < -0.39 is 0 Å². The van der Waals surface area contributed by atoms with E-state index in [1.807, 2.05) is 21.9 Å². The lowest BCUT2D eigenvalue weighted by Crippen LogP contribution is -2.36. The summed E-state index contributed by atoms with van der Waals surface area (Å²) in [7, 11) is 0. The topological polar surface area (TPSA) is 66.7 Å². The Labute approximate surface area is 152 Å². The smallest absolute Gasteiger partial charge is 0.289 e. The van der Waals surface area contributed by atoms with Crippen LogP contribution in [-0.4, -0.2) is 46.2 Å². The fourth-order valence-corrected chi connectivity index (χ4v) is 4.17. The summed E-state index contributed by atoms with van der Waals surface area (Å²) in [6.07, 6.45) is 8.33. The van der Waals surface area contributed by atoms with Crippen LogP contribution < -0.4 is 0 Å². The van der Waals surface area contributed by atoms with Crippen molar-refractivity contribution in [3.63, 3.8) is 0 Å². The lowest BCUT2D eigenvalue weighted by atomic mass is 9.79. The normalized spacial score (nSPS) is 23.5. The molecule has 6 nitrogen and oxygen atoms in total. The van der Waals surface area contributed by atoms with E-state index in [4.69, 9.17) is 4.42 Å². The maximum atomic E-state index is 13.1. The fraction of sp³-hybridized carbons (Fsp3) is 0.450. The fourth-order valence-electron chi connectivity index (χ4n) is 4.17. The third-order valence-corrected chi connectivity index (χ3v) is 5.69. The number of hydrogen-bond donors (Lipinski definition) is 0. The van der Waals surface area contributed by atoms with E-state index in [1.165, 1.54) is 6.26 Å². The standard InChI is InChI=1S/C20H23N3O3/c24-18(17-3-1-14-26-17)22-11-2-6-20(7-12-22)8-13-23(19(20)25)15-16-4-9-21-10-5-16/h1,3-5,9-10,14H,2,6-8,11-13,15H2/t20-/m0/s1. The Kier molecular flexibility index (Phi) is 4.49. The molecule has 1 spiro atoms. The van der Waals surface area contributed by atoms with E-state index >= 15 is 0 Å². The van der Waals surface area contributed by atoms with Crippen LogP contribution in [0.25, 0.3) is 0 Å². The molecule has 4 heterocycles. The summed E-state index contributed by atoms with van der Waals surface area (Å²) in [6, 6.07) is 7.33. The van der Waals surface area contributed by atoms with Gasteiger partial charge in [-0.1, -0.05) is 0 Å². The first kappa shape index (κ1) is 16.8. The highest BCUT2D eigenvalue weighted by Gasteiger charge is 2.47. The van der Waals surface area contributed by atoms with E-state index in [0.29, 0.717) is 25.4 Å². The number of furan rings is 1. The number of hydrogen-bond acceptors (Lipinski definition) is 4. The number of pyridine rings is 1. The predicted molar refractivity (Wildman–Crippen MR) is 95.2 cm³/mol. The van der Waals surface area contributed by atoms with Crippen molar-refractivity contribution in [2.75, 3.05) is 19.6 Å². The van der Waals surface area contributed by atoms with Crippen LogP contribution in [0.15, 0.2) is 47.3 Å². The minimum atomic E-state index is -0.314. The SMILES string of the molecule is O=C(c1ccco1)N1CCC[C@]2(CC1)CCN(Cc1ccncc1)C2=O. The van der Waals surface area contributed by atoms with Gasteiger partial charge in [0, 0.05) is 38.6 Å². The lowest BCUT2D eigenvalue weighted by Gasteiger charge is -2.26.